The first kappa shape index (κ1) is 10.6. The van der Waals surface area contributed by atoms with Gasteiger partial charge < -0.3 is 4.79 Å². The highest BCUT2D eigenvalue weighted by Crippen LogP contribution is 2.13. The Balaban J connectivity index is 2.43. The van der Waals surface area contributed by atoms with Crippen LogP contribution in [0.5, 0.6) is 0 Å². The maximum atomic E-state index is 10.1. The van der Waals surface area contributed by atoms with Gasteiger partial charge in [0.2, 0.25) is 0 Å². The summed E-state index contributed by atoms with van der Waals surface area (Å²) in [5, 5.41) is 0.352. The zero-order valence-electron chi connectivity index (χ0n) is 8.27. The second-order valence-electron chi connectivity index (χ2n) is 3.07. The lowest BCUT2D eigenvalue weighted by atomic mass is 10.2. The highest BCUT2D eigenvalue weighted by Gasteiger charge is 1.98. The summed E-state index contributed by atoms with van der Waals surface area (Å²) in [7, 11) is 0. The molecule has 0 aliphatic rings. The fourth-order valence-electron chi connectivity index (χ4n) is 1.26. The topological polar surface area (TPSA) is 42.9 Å². The molecule has 1 aromatic carbocycles. The summed E-state index contributed by atoms with van der Waals surface area (Å²) in [6.45, 7) is 0. The van der Waals surface area contributed by atoms with Gasteiger partial charge in [-0.2, -0.15) is 0 Å². The summed E-state index contributed by atoms with van der Waals surface area (Å²) in [4.78, 5) is 18.4. The zero-order chi connectivity index (χ0) is 11.4. The Morgan fingerprint density at radius 2 is 2.25 bits per heavy atom. The molecule has 0 radical (unpaired) electrons. The molecule has 0 saturated carbocycles. The Bertz CT molecular complexity index is 599. The van der Waals surface area contributed by atoms with E-state index in [-0.39, 0.29) is 6.42 Å². The van der Waals surface area contributed by atoms with Crippen LogP contribution in [0.2, 0.25) is 5.15 Å². The number of hydrogen-bond donors (Lipinski definition) is 0. The van der Waals surface area contributed by atoms with Gasteiger partial charge in [-0.3, -0.25) is 4.98 Å². The molecular formula is C12H7ClN2O. The predicted molar refractivity (Wildman–Crippen MR) is 62.1 cm³/mol. The van der Waals surface area contributed by atoms with E-state index in [4.69, 9.17) is 11.6 Å². The summed E-state index contributed by atoms with van der Waals surface area (Å²) < 4.78 is 0. The Morgan fingerprint density at radius 3 is 3.06 bits per heavy atom. The van der Waals surface area contributed by atoms with Crippen LogP contribution < -0.4 is 0 Å². The third-order valence-electron chi connectivity index (χ3n) is 1.93. The molecule has 16 heavy (non-hydrogen) atoms. The number of aromatic nitrogens is 2. The van der Waals surface area contributed by atoms with Crippen molar-refractivity contribution in [1.29, 1.82) is 0 Å². The molecule has 2 aromatic rings. The monoisotopic (exact) mass is 230 g/mol. The average Bonchev–Trinajstić information content (AvgIpc) is 2.29. The lowest BCUT2D eigenvalue weighted by Crippen LogP contribution is -1.85. The van der Waals surface area contributed by atoms with Gasteiger partial charge in [0.25, 0.3) is 0 Å². The smallest absolute Gasteiger partial charge is 0.148 e. The minimum absolute atomic E-state index is 0.235. The minimum Gasteiger partial charge on any atom is -0.302 e. The molecule has 0 spiro atoms. The summed E-state index contributed by atoms with van der Waals surface area (Å²) in [5.74, 6) is 5.60. The SMILES string of the molecule is O=CCC#Cc1ccc2ncc(Cl)nc2c1. The molecule has 0 aliphatic heterocycles. The van der Waals surface area contributed by atoms with Crippen LogP contribution in [0.1, 0.15) is 12.0 Å². The third-order valence-corrected chi connectivity index (χ3v) is 2.11. The van der Waals surface area contributed by atoms with E-state index in [1.807, 2.05) is 12.1 Å². The van der Waals surface area contributed by atoms with Crippen LogP contribution in [0.4, 0.5) is 0 Å². The lowest BCUT2D eigenvalue weighted by Gasteiger charge is -1.97. The van der Waals surface area contributed by atoms with Gasteiger partial charge >= 0.3 is 0 Å². The number of carbonyl (C=O) groups is 1. The number of fused-ring (bicyclic) bond motifs is 1. The van der Waals surface area contributed by atoms with Gasteiger partial charge in [-0.15, -0.1) is 0 Å². The second kappa shape index (κ2) is 4.73. The molecule has 0 bridgehead atoms. The molecule has 0 N–H and O–H groups in total. The fourth-order valence-corrected chi connectivity index (χ4v) is 1.40. The van der Waals surface area contributed by atoms with Gasteiger partial charge in [0.05, 0.1) is 23.7 Å². The predicted octanol–water partition coefficient (Wildman–Crippen LogP) is 2.22. The summed E-state index contributed by atoms with van der Waals surface area (Å²) in [6, 6.07) is 5.46. The van der Waals surface area contributed by atoms with Crippen LogP contribution in [0, 0.1) is 11.8 Å². The maximum Gasteiger partial charge on any atom is 0.148 e. The van der Waals surface area contributed by atoms with Gasteiger partial charge in [0, 0.05) is 5.56 Å². The number of hydrogen-bond acceptors (Lipinski definition) is 3. The van der Waals surface area contributed by atoms with Crippen LogP contribution in [-0.4, -0.2) is 16.3 Å². The van der Waals surface area contributed by atoms with Crippen molar-refractivity contribution in [1.82, 2.24) is 9.97 Å². The molecule has 1 aromatic heterocycles. The zero-order valence-corrected chi connectivity index (χ0v) is 9.03. The minimum atomic E-state index is 0.235. The van der Waals surface area contributed by atoms with Crippen LogP contribution in [0.25, 0.3) is 11.0 Å². The molecular weight excluding hydrogens is 224 g/mol. The van der Waals surface area contributed by atoms with Crippen molar-refractivity contribution in [2.75, 3.05) is 0 Å². The molecule has 0 amide bonds. The third kappa shape index (κ3) is 2.36. The van der Waals surface area contributed by atoms with Crippen molar-refractivity contribution in [3.63, 3.8) is 0 Å². The van der Waals surface area contributed by atoms with Crippen molar-refractivity contribution in [3.8, 4) is 11.8 Å². The molecule has 0 atom stereocenters. The van der Waals surface area contributed by atoms with Gasteiger partial charge in [0.15, 0.2) is 0 Å². The van der Waals surface area contributed by atoms with Crippen molar-refractivity contribution >= 4 is 28.9 Å². The number of nitrogens with zero attached hydrogens (tertiary/aromatic N) is 2. The molecule has 78 valence electrons. The van der Waals surface area contributed by atoms with E-state index >= 15 is 0 Å². The van der Waals surface area contributed by atoms with Crippen molar-refractivity contribution in [2.45, 2.75) is 6.42 Å². The first-order valence-corrected chi connectivity index (χ1v) is 5.02. The van der Waals surface area contributed by atoms with Crippen LogP contribution in [0.3, 0.4) is 0 Å². The first-order chi connectivity index (χ1) is 7.79. The molecule has 1 heterocycles. The first-order valence-electron chi connectivity index (χ1n) is 4.64. The number of rotatable bonds is 1. The van der Waals surface area contributed by atoms with Gasteiger partial charge in [0.1, 0.15) is 11.4 Å². The van der Waals surface area contributed by atoms with Gasteiger partial charge in [-0.25, -0.2) is 4.98 Å². The van der Waals surface area contributed by atoms with Gasteiger partial charge in [-0.1, -0.05) is 23.4 Å². The van der Waals surface area contributed by atoms with Crippen molar-refractivity contribution in [2.24, 2.45) is 0 Å². The molecule has 0 aliphatic carbocycles. The van der Waals surface area contributed by atoms with E-state index in [9.17, 15) is 4.79 Å². The largest absolute Gasteiger partial charge is 0.302 e. The van der Waals surface area contributed by atoms with Crippen molar-refractivity contribution in [3.05, 3.63) is 35.1 Å². The van der Waals surface area contributed by atoms with E-state index < -0.39 is 0 Å². The Morgan fingerprint density at radius 1 is 1.38 bits per heavy atom. The van der Waals surface area contributed by atoms with E-state index in [1.54, 1.807) is 6.07 Å². The maximum absolute atomic E-state index is 10.1. The number of aldehydes is 1. The van der Waals surface area contributed by atoms with Crippen LogP contribution in [0.15, 0.2) is 24.4 Å². The second-order valence-corrected chi connectivity index (χ2v) is 3.46. The highest BCUT2D eigenvalue weighted by atomic mass is 35.5. The van der Waals surface area contributed by atoms with Crippen LogP contribution in [-0.2, 0) is 4.79 Å². The molecule has 2 rings (SSSR count). The molecule has 3 nitrogen and oxygen atoms in total. The fraction of sp³-hybridized carbons (Fsp3) is 0.0833. The Kier molecular flexibility index (Phi) is 3.13. The van der Waals surface area contributed by atoms with E-state index in [0.717, 1.165) is 17.4 Å². The highest BCUT2D eigenvalue weighted by molar-refractivity contribution is 6.29. The summed E-state index contributed by atoms with van der Waals surface area (Å²) >= 11 is 5.74. The quantitative estimate of drug-likeness (QED) is 0.557. The normalized spacial score (nSPS) is 9.56. The van der Waals surface area contributed by atoms with Crippen LogP contribution >= 0.6 is 11.6 Å². The Hall–Kier alpha value is -1.92. The van der Waals surface area contributed by atoms with E-state index in [1.165, 1.54) is 6.20 Å². The van der Waals surface area contributed by atoms with E-state index in [2.05, 4.69) is 21.8 Å². The summed E-state index contributed by atoms with van der Waals surface area (Å²) in [5.41, 5.74) is 2.27. The Labute approximate surface area is 97.5 Å². The molecule has 0 fully saturated rings. The molecule has 4 heteroatoms. The molecule has 0 unspecified atom stereocenters. The standard InChI is InChI=1S/C12H7ClN2O/c13-12-8-14-10-5-4-9(3-1-2-6-16)7-11(10)15-12/h4-8H,2H2. The number of halogens is 1. The lowest BCUT2D eigenvalue weighted by molar-refractivity contribution is -0.107. The number of carbonyl (C=O) groups excluding carboxylic acids is 1. The number of benzene rings is 1. The average molecular weight is 231 g/mol. The van der Waals surface area contributed by atoms with E-state index in [0.29, 0.717) is 10.7 Å². The van der Waals surface area contributed by atoms with Crippen molar-refractivity contribution < 1.29 is 4.79 Å². The summed E-state index contributed by atoms with van der Waals surface area (Å²) in [6.07, 6.45) is 2.51. The molecule has 0 saturated heterocycles. The van der Waals surface area contributed by atoms with Gasteiger partial charge in [-0.05, 0) is 18.2 Å².